The lowest BCUT2D eigenvalue weighted by Gasteiger charge is -2.27. The van der Waals surface area contributed by atoms with E-state index in [1.165, 1.54) is 7.11 Å². The van der Waals surface area contributed by atoms with Crippen LogP contribution in [-0.2, 0) is 14.3 Å². The topological polar surface area (TPSA) is 75.6 Å². The van der Waals surface area contributed by atoms with E-state index in [4.69, 9.17) is 9.84 Å². The van der Waals surface area contributed by atoms with Crippen molar-refractivity contribution < 1.29 is 19.4 Å². The van der Waals surface area contributed by atoms with Crippen LogP contribution in [0.15, 0.2) is 0 Å². The first-order valence-corrected chi connectivity index (χ1v) is 4.11. The van der Waals surface area contributed by atoms with Crippen LogP contribution >= 0.6 is 0 Å². The maximum absolute atomic E-state index is 11.0. The molecule has 1 amide bonds. The van der Waals surface area contributed by atoms with Crippen LogP contribution < -0.4 is 5.32 Å². The lowest BCUT2D eigenvalue weighted by atomic mass is 9.95. The van der Waals surface area contributed by atoms with Crippen LogP contribution in [0.5, 0.6) is 0 Å². The Morgan fingerprint density at radius 1 is 1.77 bits per heavy atom. The Morgan fingerprint density at radius 2 is 2.38 bits per heavy atom. The summed E-state index contributed by atoms with van der Waals surface area (Å²) in [5, 5.41) is 11.3. The number of ether oxygens (including phenoxy) is 1. The highest BCUT2D eigenvalue weighted by Gasteiger charge is 2.51. The number of hydrogen-bond acceptors (Lipinski definition) is 3. The van der Waals surface area contributed by atoms with Gasteiger partial charge < -0.3 is 15.2 Å². The highest BCUT2D eigenvalue weighted by Crippen LogP contribution is 2.39. The van der Waals surface area contributed by atoms with Gasteiger partial charge in [0, 0.05) is 7.11 Å². The first-order valence-electron chi connectivity index (χ1n) is 4.11. The van der Waals surface area contributed by atoms with Gasteiger partial charge in [-0.3, -0.25) is 4.79 Å². The summed E-state index contributed by atoms with van der Waals surface area (Å²) < 4.78 is 4.82. The minimum atomic E-state index is -1.21. The summed E-state index contributed by atoms with van der Waals surface area (Å²) in [6.07, 6.45) is 2.08. The number of carboxylic acids is 1. The standard InChI is InChI=1S/C8H13NO4/c1-13-4-8(7(11)12,9-5-10)6-2-3-6/h5-6H,2-4H2,1H3,(H,9,10)(H,11,12). The summed E-state index contributed by atoms with van der Waals surface area (Å²) in [5.74, 6) is -1.01. The summed E-state index contributed by atoms with van der Waals surface area (Å²) in [5.41, 5.74) is -1.21. The van der Waals surface area contributed by atoms with Gasteiger partial charge in [0.15, 0.2) is 5.54 Å². The first-order chi connectivity index (χ1) is 6.17. The Bertz CT molecular complexity index is 214. The van der Waals surface area contributed by atoms with Crippen LogP contribution in [-0.4, -0.2) is 36.7 Å². The van der Waals surface area contributed by atoms with Gasteiger partial charge in [0.1, 0.15) is 0 Å². The van der Waals surface area contributed by atoms with E-state index in [0.29, 0.717) is 6.41 Å². The largest absolute Gasteiger partial charge is 0.479 e. The Balaban J connectivity index is 2.77. The molecule has 0 spiro atoms. The van der Waals surface area contributed by atoms with Crippen LogP contribution in [0.3, 0.4) is 0 Å². The van der Waals surface area contributed by atoms with Crippen LogP contribution in [0.25, 0.3) is 0 Å². The smallest absolute Gasteiger partial charge is 0.332 e. The summed E-state index contributed by atoms with van der Waals surface area (Å²) in [6.45, 7) is 0.0196. The average Bonchev–Trinajstić information content (AvgIpc) is 2.85. The number of hydrogen-bond donors (Lipinski definition) is 2. The number of rotatable bonds is 6. The minimum Gasteiger partial charge on any atom is -0.479 e. The Labute approximate surface area is 76.1 Å². The first kappa shape index (κ1) is 9.98. The van der Waals surface area contributed by atoms with Crippen molar-refractivity contribution in [2.24, 2.45) is 5.92 Å². The molecule has 1 atom stereocenters. The van der Waals surface area contributed by atoms with E-state index in [1.54, 1.807) is 0 Å². The van der Waals surface area contributed by atoms with Gasteiger partial charge >= 0.3 is 5.97 Å². The van der Waals surface area contributed by atoms with Gasteiger partial charge in [0.2, 0.25) is 6.41 Å². The van der Waals surface area contributed by atoms with E-state index >= 15 is 0 Å². The highest BCUT2D eigenvalue weighted by molar-refractivity contribution is 5.82. The lowest BCUT2D eigenvalue weighted by Crippen LogP contribution is -2.56. The Morgan fingerprint density at radius 3 is 2.69 bits per heavy atom. The fraction of sp³-hybridized carbons (Fsp3) is 0.750. The molecule has 0 aromatic carbocycles. The number of nitrogens with one attached hydrogen (secondary N) is 1. The zero-order valence-electron chi connectivity index (χ0n) is 7.45. The molecular formula is C8H13NO4. The van der Waals surface area contributed by atoms with Crippen LogP contribution in [0.2, 0.25) is 0 Å². The molecule has 0 bridgehead atoms. The van der Waals surface area contributed by atoms with Crippen molar-refractivity contribution in [1.82, 2.24) is 5.32 Å². The van der Waals surface area contributed by atoms with Crippen LogP contribution in [0.4, 0.5) is 0 Å². The van der Waals surface area contributed by atoms with Crippen molar-refractivity contribution in [1.29, 1.82) is 0 Å². The fourth-order valence-corrected chi connectivity index (χ4v) is 1.48. The predicted octanol–water partition coefficient (Wildman–Crippen LogP) is -0.388. The molecule has 1 aliphatic carbocycles. The van der Waals surface area contributed by atoms with Crippen molar-refractivity contribution in [3.05, 3.63) is 0 Å². The minimum absolute atomic E-state index is 0.00940. The number of carbonyl (C=O) groups excluding carboxylic acids is 1. The molecule has 13 heavy (non-hydrogen) atoms. The van der Waals surface area contributed by atoms with E-state index in [1.807, 2.05) is 0 Å². The van der Waals surface area contributed by atoms with Crippen LogP contribution in [0.1, 0.15) is 12.8 Å². The maximum atomic E-state index is 11.0. The number of aliphatic carboxylic acids is 1. The quantitative estimate of drug-likeness (QED) is 0.555. The zero-order valence-corrected chi connectivity index (χ0v) is 7.45. The molecule has 0 aromatic rings. The number of amides is 1. The van der Waals surface area contributed by atoms with Crippen molar-refractivity contribution in [2.45, 2.75) is 18.4 Å². The molecule has 5 nitrogen and oxygen atoms in total. The number of carboxylic acid groups (broad SMARTS) is 1. The zero-order chi connectivity index (χ0) is 9.90. The second kappa shape index (κ2) is 3.74. The van der Waals surface area contributed by atoms with E-state index in [0.717, 1.165) is 12.8 Å². The van der Waals surface area contributed by atoms with Gasteiger partial charge in [-0.2, -0.15) is 0 Å². The molecule has 0 aromatic heterocycles. The molecule has 1 saturated carbocycles. The molecule has 0 aliphatic heterocycles. The molecule has 0 saturated heterocycles. The Hall–Kier alpha value is -1.10. The second-order valence-electron chi connectivity index (χ2n) is 3.25. The molecule has 74 valence electrons. The third-order valence-corrected chi connectivity index (χ3v) is 2.34. The van der Waals surface area contributed by atoms with Gasteiger partial charge in [-0.15, -0.1) is 0 Å². The molecule has 1 unspecified atom stereocenters. The third-order valence-electron chi connectivity index (χ3n) is 2.34. The van der Waals surface area contributed by atoms with E-state index < -0.39 is 11.5 Å². The molecule has 1 rings (SSSR count). The third kappa shape index (κ3) is 1.80. The van der Waals surface area contributed by atoms with Gasteiger partial charge in [-0.1, -0.05) is 0 Å². The van der Waals surface area contributed by atoms with Gasteiger partial charge in [-0.25, -0.2) is 4.79 Å². The SMILES string of the molecule is COCC(NC=O)(C(=O)O)C1CC1. The van der Waals surface area contributed by atoms with Crippen molar-refractivity contribution >= 4 is 12.4 Å². The molecular weight excluding hydrogens is 174 g/mol. The summed E-state index contributed by atoms with van der Waals surface area (Å²) in [4.78, 5) is 21.3. The van der Waals surface area contributed by atoms with Crippen molar-refractivity contribution in [3.8, 4) is 0 Å². The molecule has 1 aliphatic rings. The lowest BCUT2D eigenvalue weighted by molar-refractivity contribution is -0.150. The fourth-order valence-electron chi connectivity index (χ4n) is 1.48. The van der Waals surface area contributed by atoms with E-state index in [2.05, 4.69) is 5.32 Å². The average molecular weight is 187 g/mol. The van der Waals surface area contributed by atoms with Crippen molar-refractivity contribution in [2.75, 3.05) is 13.7 Å². The van der Waals surface area contributed by atoms with Gasteiger partial charge in [0.25, 0.3) is 0 Å². The summed E-state index contributed by atoms with van der Waals surface area (Å²) in [6, 6.07) is 0. The highest BCUT2D eigenvalue weighted by atomic mass is 16.5. The molecule has 2 N–H and O–H groups in total. The Kier molecular flexibility index (Phi) is 2.87. The van der Waals surface area contributed by atoms with Gasteiger partial charge in [0.05, 0.1) is 6.61 Å². The molecule has 5 heteroatoms. The van der Waals surface area contributed by atoms with E-state index in [-0.39, 0.29) is 12.5 Å². The van der Waals surface area contributed by atoms with Crippen molar-refractivity contribution in [3.63, 3.8) is 0 Å². The number of methoxy groups -OCH3 is 1. The summed E-state index contributed by atoms with van der Waals surface area (Å²) >= 11 is 0. The maximum Gasteiger partial charge on any atom is 0.332 e. The second-order valence-corrected chi connectivity index (χ2v) is 3.25. The molecule has 1 fully saturated rings. The number of carbonyl (C=O) groups is 2. The predicted molar refractivity (Wildman–Crippen MR) is 44.2 cm³/mol. The van der Waals surface area contributed by atoms with Crippen LogP contribution in [0, 0.1) is 5.92 Å². The van der Waals surface area contributed by atoms with Gasteiger partial charge in [-0.05, 0) is 18.8 Å². The normalized spacial score (nSPS) is 20.4. The van der Waals surface area contributed by atoms with E-state index in [9.17, 15) is 9.59 Å². The summed E-state index contributed by atoms with van der Waals surface area (Å²) in [7, 11) is 1.42. The monoisotopic (exact) mass is 187 g/mol. The molecule has 0 heterocycles. The molecule has 0 radical (unpaired) electrons.